The summed E-state index contributed by atoms with van der Waals surface area (Å²) in [7, 11) is 0. The Bertz CT molecular complexity index is 606. The van der Waals surface area contributed by atoms with Gasteiger partial charge in [-0.05, 0) is 30.3 Å². The lowest BCUT2D eigenvalue weighted by atomic mass is 10.2. The van der Waals surface area contributed by atoms with E-state index in [2.05, 4.69) is 17.4 Å². The summed E-state index contributed by atoms with van der Waals surface area (Å²) in [5.74, 6) is 2.33. The fraction of sp³-hybridized carbons (Fsp3) is 0.294. The van der Waals surface area contributed by atoms with Crippen molar-refractivity contribution in [1.29, 1.82) is 0 Å². The molecule has 22 heavy (non-hydrogen) atoms. The summed E-state index contributed by atoms with van der Waals surface area (Å²) >= 11 is 1.68. The van der Waals surface area contributed by atoms with Gasteiger partial charge in [0.05, 0.1) is 0 Å². The fourth-order valence-electron chi connectivity index (χ4n) is 2.29. The van der Waals surface area contributed by atoms with Crippen molar-refractivity contribution in [3.05, 3.63) is 54.1 Å². The summed E-state index contributed by atoms with van der Waals surface area (Å²) in [6.07, 6.45) is -0.320. The molecule has 0 unspecified atom stereocenters. The van der Waals surface area contributed by atoms with Crippen LogP contribution in [0, 0.1) is 0 Å². The SMILES string of the molecule is O[C@@H](C[NH2+]Cc1ccc2c(c1)OCO2)CSc1ccccc1. The normalized spacial score (nSPS) is 14.0. The number of nitrogens with two attached hydrogens (primary N) is 1. The van der Waals surface area contributed by atoms with Crippen LogP contribution in [0.2, 0.25) is 0 Å². The minimum absolute atomic E-state index is 0.303. The fourth-order valence-corrected chi connectivity index (χ4v) is 3.16. The number of aliphatic hydroxyl groups is 1. The molecule has 0 aromatic heterocycles. The summed E-state index contributed by atoms with van der Waals surface area (Å²) < 4.78 is 10.7. The lowest BCUT2D eigenvalue weighted by Gasteiger charge is -2.09. The number of aliphatic hydroxyl groups excluding tert-OH is 1. The number of quaternary nitrogens is 1. The molecule has 2 aromatic rings. The zero-order valence-electron chi connectivity index (χ0n) is 12.3. The molecule has 0 aliphatic carbocycles. The predicted molar refractivity (Wildman–Crippen MR) is 86.2 cm³/mol. The Morgan fingerprint density at radius 1 is 1.09 bits per heavy atom. The van der Waals surface area contributed by atoms with Gasteiger partial charge in [-0.15, -0.1) is 11.8 Å². The highest BCUT2D eigenvalue weighted by atomic mass is 32.2. The maximum Gasteiger partial charge on any atom is 0.231 e. The molecule has 1 heterocycles. The van der Waals surface area contributed by atoms with Gasteiger partial charge in [-0.25, -0.2) is 0 Å². The number of rotatable bonds is 7. The number of benzene rings is 2. The van der Waals surface area contributed by atoms with Crippen LogP contribution < -0.4 is 14.8 Å². The van der Waals surface area contributed by atoms with Crippen LogP contribution in [0.4, 0.5) is 0 Å². The van der Waals surface area contributed by atoms with Crippen LogP contribution in [0.5, 0.6) is 11.5 Å². The molecular formula is C17H20NO3S+. The van der Waals surface area contributed by atoms with Gasteiger partial charge in [0.15, 0.2) is 11.5 Å². The van der Waals surface area contributed by atoms with E-state index in [0.717, 1.165) is 18.0 Å². The summed E-state index contributed by atoms with van der Waals surface area (Å²) in [6.45, 7) is 1.82. The van der Waals surface area contributed by atoms with Gasteiger partial charge in [-0.1, -0.05) is 18.2 Å². The van der Waals surface area contributed by atoms with E-state index >= 15 is 0 Å². The first-order chi connectivity index (χ1) is 10.8. The molecule has 3 N–H and O–H groups in total. The second-order valence-electron chi connectivity index (χ2n) is 5.19. The molecule has 0 bridgehead atoms. The van der Waals surface area contributed by atoms with Gasteiger partial charge in [0.2, 0.25) is 6.79 Å². The topological polar surface area (TPSA) is 55.3 Å². The van der Waals surface area contributed by atoms with Crippen molar-refractivity contribution in [2.24, 2.45) is 0 Å². The molecule has 4 nitrogen and oxygen atoms in total. The zero-order valence-corrected chi connectivity index (χ0v) is 13.1. The predicted octanol–water partition coefficient (Wildman–Crippen LogP) is 1.63. The number of ether oxygens (including phenoxy) is 2. The lowest BCUT2D eigenvalue weighted by Crippen LogP contribution is -2.85. The van der Waals surface area contributed by atoms with Gasteiger partial charge >= 0.3 is 0 Å². The number of hydrogen-bond acceptors (Lipinski definition) is 4. The maximum absolute atomic E-state index is 10.0. The van der Waals surface area contributed by atoms with Crippen LogP contribution in [-0.2, 0) is 6.54 Å². The van der Waals surface area contributed by atoms with E-state index < -0.39 is 0 Å². The number of fused-ring (bicyclic) bond motifs is 1. The van der Waals surface area contributed by atoms with Crippen molar-refractivity contribution in [3.63, 3.8) is 0 Å². The molecule has 3 rings (SSSR count). The van der Waals surface area contributed by atoms with Gasteiger partial charge in [0.25, 0.3) is 0 Å². The first-order valence-electron chi connectivity index (χ1n) is 7.37. The van der Waals surface area contributed by atoms with Crippen LogP contribution in [0.15, 0.2) is 53.4 Å². The smallest absolute Gasteiger partial charge is 0.231 e. The Morgan fingerprint density at radius 3 is 2.77 bits per heavy atom. The average Bonchev–Trinajstić information content (AvgIpc) is 3.02. The van der Waals surface area contributed by atoms with Crippen LogP contribution in [0.3, 0.4) is 0 Å². The van der Waals surface area contributed by atoms with E-state index in [-0.39, 0.29) is 6.10 Å². The maximum atomic E-state index is 10.0. The van der Waals surface area contributed by atoms with Crippen LogP contribution in [0.25, 0.3) is 0 Å². The van der Waals surface area contributed by atoms with Gasteiger partial charge in [0.1, 0.15) is 19.2 Å². The molecule has 1 aliphatic rings. The third kappa shape index (κ3) is 4.16. The average molecular weight is 318 g/mol. The third-order valence-electron chi connectivity index (χ3n) is 3.44. The second kappa shape index (κ2) is 7.54. The Hall–Kier alpha value is -1.69. The van der Waals surface area contributed by atoms with Crippen molar-refractivity contribution >= 4 is 11.8 Å². The van der Waals surface area contributed by atoms with E-state index in [1.54, 1.807) is 11.8 Å². The Kier molecular flexibility index (Phi) is 5.21. The Balaban J connectivity index is 1.39. The Labute approximate surface area is 134 Å². The van der Waals surface area contributed by atoms with Crippen molar-refractivity contribution < 1.29 is 19.9 Å². The molecular weight excluding hydrogens is 298 g/mol. The van der Waals surface area contributed by atoms with Crippen molar-refractivity contribution in [1.82, 2.24) is 0 Å². The molecule has 0 saturated heterocycles. The van der Waals surface area contributed by atoms with Crippen LogP contribution in [0.1, 0.15) is 5.56 Å². The highest BCUT2D eigenvalue weighted by Crippen LogP contribution is 2.32. The monoisotopic (exact) mass is 318 g/mol. The van der Waals surface area contributed by atoms with E-state index in [1.165, 1.54) is 10.5 Å². The minimum Gasteiger partial charge on any atom is -0.454 e. The first kappa shape index (κ1) is 15.2. The van der Waals surface area contributed by atoms with E-state index in [9.17, 15) is 5.11 Å². The zero-order chi connectivity index (χ0) is 15.2. The van der Waals surface area contributed by atoms with Gasteiger partial charge in [-0.2, -0.15) is 0 Å². The number of thioether (sulfide) groups is 1. The van der Waals surface area contributed by atoms with Crippen LogP contribution in [-0.4, -0.2) is 30.3 Å². The van der Waals surface area contributed by atoms with Crippen molar-refractivity contribution in [2.75, 3.05) is 19.1 Å². The molecule has 2 aromatic carbocycles. The molecule has 0 fully saturated rings. The highest BCUT2D eigenvalue weighted by Gasteiger charge is 2.14. The summed E-state index contributed by atoms with van der Waals surface area (Å²) in [4.78, 5) is 1.19. The van der Waals surface area contributed by atoms with Crippen molar-refractivity contribution in [3.8, 4) is 11.5 Å². The molecule has 1 aliphatic heterocycles. The number of hydrogen-bond donors (Lipinski definition) is 2. The lowest BCUT2D eigenvalue weighted by molar-refractivity contribution is -0.675. The molecule has 0 amide bonds. The highest BCUT2D eigenvalue weighted by molar-refractivity contribution is 7.99. The summed E-state index contributed by atoms with van der Waals surface area (Å²) in [5.41, 5.74) is 1.17. The molecule has 116 valence electrons. The van der Waals surface area contributed by atoms with E-state index in [0.29, 0.717) is 19.1 Å². The molecule has 5 heteroatoms. The van der Waals surface area contributed by atoms with E-state index in [1.807, 2.05) is 36.4 Å². The summed E-state index contributed by atoms with van der Waals surface area (Å²) in [6, 6.07) is 16.1. The molecule has 0 radical (unpaired) electrons. The van der Waals surface area contributed by atoms with Crippen molar-refractivity contribution in [2.45, 2.75) is 17.5 Å². The quantitative estimate of drug-likeness (QED) is 0.762. The van der Waals surface area contributed by atoms with Crippen LogP contribution >= 0.6 is 11.8 Å². The van der Waals surface area contributed by atoms with Gasteiger partial charge in [0, 0.05) is 16.2 Å². The third-order valence-corrected chi connectivity index (χ3v) is 4.60. The molecule has 0 spiro atoms. The minimum atomic E-state index is -0.320. The molecule has 0 saturated carbocycles. The largest absolute Gasteiger partial charge is 0.454 e. The van der Waals surface area contributed by atoms with Gasteiger partial charge in [-0.3, -0.25) is 0 Å². The second-order valence-corrected chi connectivity index (χ2v) is 6.29. The van der Waals surface area contributed by atoms with E-state index in [4.69, 9.17) is 9.47 Å². The summed E-state index contributed by atoms with van der Waals surface area (Å²) in [5, 5.41) is 12.2. The van der Waals surface area contributed by atoms with Gasteiger partial charge < -0.3 is 19.9 Å². The first-order valence-corrected chi connectivity index (χ1v) is 8.36. The Morgan fingerprint density at radius 2 is 1.91 bits per heavy atom. The standard InChI is InChI=1S/C17H19NO3S/c19-14(11-22-15-4-2-1-3-5-15)10-18-9-13-6-7-16-17(8-13)21-12-20-16/h1-8,14,18-19H,9-12H2/p+1/t14-/m0/s1. The molecule has 1 atom stereocenters.